The normalized spacial score (nSPS) is 11.9. The minimum atomic E-state index is -0.442. The molecule has 0 saturated carbocycles. The fraction of sp³-hybridized carbons (Fsp3) is 0.407. The van der Waals surface area contributed by atoms with E-state index in [2.05, 4.69) is 60.8 Å². The molecule has 0 heterocycles. The summed E-state index contributed by atoms with van der Waals surface area (Å²) in [5, 5.41) is 11.6. The monoisotopic (exact) mass is 423 g/mol. The lowest BCUT2D eigenvalue weighted by atomic mass is 10.2. The first-order chi connectivity index (χ1) is 15.1. The SMILES string of the molecule is CCCCC/C=C\C/C=C\C/C=C\C/C=C\CCCC(=O)NC(=O)c1ccc(O)cc1. The van der Waals surface area contributed by atoms with E-state index in [0.717, 1.165) is 25.7 Å². The van der Waals surface area contributed by atoms with Crippen molar-refractivity contribution in [3.63, 3.8) is 0 Å². The topological polar surface area (TPSA) is 66.4 Å². The number of nitrogens with one attached hydrogen (secondary N) is 1. The van der Waals surface area contributed by atoms with Gasteiger partial charge >= 0.3 is 0 Å². The van der Waals surface area contributed by atoms with Crippen molar-refractivity contribution in [3.8, 4) is 5.75 Å². The molecule has 168 valence electrons. The first kappa shape index (κ1) is 26.2. The van der Waals surface area contributed by atoms with Gasteiger partial charge in [0.05, 0.1) is 0 Å². The van der Waals surface area contributed by atoms with Crippen LogP contribution in [-0.2, 0) is 4.79 Å². The Hall–Kier alpha value is -2.88. The maximum absolute atomic E-state index is 11.9. The zero-order chi connectivity index (χ0) is 22.6. The highest BCUT2D eigenvalue weighted by atomic mass is 16.3. The molecule has 0 unspecified atom stereocenters. The predicted octanol–water partition coefficient (Wildman–Crippen LogP) is 6.79. The van der Waals surface area contributed by atoms with Gasteiger partial charge in [-0.2, -0.15) is 0 Å². The molecule has 2 amide bonds. The van der Waals surface area contributed by atoms with E-state index in [1.807, 2.05) is 0 Å². The van der Waals surface area contributed by atoms with Gasteiger partial charge < -0.3 is 5.11 Å². The molecular weight excluding hydrogens is 386 g/mol. The molecule has 0 bridgehead atoms. The predicted molar refractivity (Wildman–Crippen MR) is 129 cm³/mol. The maximum Gasteiger partial charge on any atom is 0.257 e. The van der Waals surface area contributed by atoms with Crippen molar-refractivity contribution < 1.29 is 14.7 Å². The highest BCUT2D eigenvalue weighted by molar-refractivity contribution is 6.04. The summed E-state index contributed by atoms with van der Waals surface area (Å²) in [6.07, 6.45) is 27.1. The van der Waals surface area contributed by atoms with Crippen LogP contribution in [0.3, 0.4) is 0 Å². The van der Waals surface area contributed by atoms with Gasteiger partial charge in [-0.25, -0.2) is 0 Å². The number of hydrogen-bond acceptors (Lipinski definition) is 3. The Morgan fingerprint density at radius 1 is 0.774 bits per heavy atom. The molecule has 0 aliphatic rings. The molecule has 1 rings (SSSR count). The first-order valence-electron chi connectivity index (χ1n) is 11.4. The number of benzene rings is 1. The van der Waals surface area contributed by atoms with E-state index in [9.17, 15) is 14.7 Å². The number of amides is 2. The van der Waals surface area contributed by atoms with Gasteiger partial charge in [-0.3, -0.25) is 14.9 Å². The Morgan fingerprint density at radius 2 is 1.29 bits per heavy atom. The van der Waals surface area contributed by atoms with Crippen LogP contribution in [0.5, 0.6) is 5.75 Å². The fourth-order valence-corrected chi connectivity index (χ4v) is 2.82. The quantitative estimate of drug-likeness (QED) is 0.241. The molecule has 1 aromatic carbocycles. The summed E-state index contributed by atoms with van der Waals surface area (Å²) in [7, 11) is 0. The van der Waals surface area contributed by atoms with Gasteiger partial charge in [0.2, 0.25) is 5.91 Å². The minimum Gasteiger partial charge on any atom is -0.508 e. The van der Waals surface area contributed by atoms with Crippen LogP contribution in [-0.4, -0.2) is 16.9 Å². The van der Waals surface area contributed by atoms with Crippen molar-refractivity contribution in [1.82, 2.24) is 5.32 Å². The second-order valence-electron chi connectivity index (χ2n) is 7.40. The molecular formula is C27H37NO3. The van der Waals surface area contributed by atoms with Crippen LogP contribution in [0.25, 0.3) is 0 Å². The maximum atomic E-state index is 11.9. The summed E-state index contributed by atoms with van der Waals surface area (Å²) in [4.78, 5) is 23.7. The standard InChI is InChI=1S/C27H37NO3/c1-2-3-4-5-6-7-8-9-10-11-12-13-14-15-16-17-18-19-26(30)28-27(31)24-20-22-25(29)23-21-24/h6-7,9-10,12-13,15-16,20-23,29H,2-5,8,11,14,17-19H2,1H3,(H,28,30,31)/b7-6-,10-9-,13-12-,16-15-. The molecule has 0 spiro atoms. The third-order valence-electron chi connectivity index (χ3n) is 4.61. The van der Waals surface area contributed by atoms with Crippen molar-refractivity contribution in [2.45, 2.75) is 71.1 Å². The lowest BCUT2D eigenvalue weighted by Gasteiger charge is -2.03. The summed E-state index contributed by atoms with van der Waals surface area (Å²) in [6.45, 7) is 2.23. The van der Waals surface area contributed by atoms with Crippen molar-refractivity contribution in [2.75, 3.05) is 0 Å². The Bertz CT molecular complexity index is 742. The summed E-state index contributed by atoms with van der Waals surface area (Å²) in [5.74, 6) is -0.640. The number of carbonyl (C=O) groups excluding carboxylic acids is 2. The van der Waals surface area contributed by atoms with Crippen LogP contribution < -0.4 is 5.32 Å². The summed E-state index contributed by atoms with van der Waals surface area (Å²) in [5.41, 5.74) is 0.353. The van der Waals surface area contributed by atoms with Gasteiger partial charge in [0, 0.05) is 12.0 Å². The number of phenols is 1. The van der Waals surface area contributed by atoms with E-state index in [0.29, 0.717) is 18.4 Å². The zero-order valence-electron chi connectivity index (χ0n) is 18.8. The van der Waals surface area contributed by atoms with Crippen molar-refractivity contribution >= 4 is 11.8 Å². The number of aromatic hydroxyl groups is 1. The highest BCUT2D eigenvalue weighted by Gasteiger charge is 2.09. The van der Waals surface area contributed by atoms with Gasteiger partial charge in [-0.15, -0.1) is 0 Å². The lowest BCUT2D eigenvalue weighted by molar-refractivity contribution is -0.120. The van der Waals surface area contributed by atoms with Crippen LogP contribution in [0, 0.1) is 0 Å². The molecule has 0 atom stereocenters. The lowest BCUT2D eigenvalue weighted by Crippen LogP contribution is -2.30. The second-order valence-corrected chi connectivity index (χ2v) is 7.40. The third-order valence-corrected chi connectivity index (χ3v) is 4.61. The summed E-state index contributed by atoms with van der Waals surface area (Å²) in [6, 6.07) is 5.80. The molecule has 4 heteroatoms. The molecule has 2 N–H and O–H groups in total. The van der Waals surface area contributed by atoms with Crippen LogP contribution in [0.2, 0.25) is 0 Å². The largest absolute Gasteiger partial charge is 0.508 e. The van der Waals surface area contributed by atoms with Crippen LogP contribution >= 0.6 is 0 Å². The molecule has 0 fully saturated rings. The van der Waals surface area contributed by atoms with Gasteiger partial charge in [0.25, 0.3) is 5.91 Å². The van der Waals surface area contributed by atoms with E-state index in [1.165, 1.54) is 49.9 Å². The number of rotatable bonds is 15. The molecule has 0 radical (unpaired) electrons. The number of allylic oxidation sites excluding steroid dienone is 8. The fourth-order valence-electron chi connectivity index (χ4n) is 2.82. The summed E-state index contributed by atoms with van der Waals surface area (Å²) < 4.78 is 0. The van der Waals surface area contributed by atoms with Crippen LogP contribution in [0.4, 0.5) is 0 Å². The van der Waals surface area contributed by atoms with Gasteiger partial charge in [-0.1, -0.05) is 68.4 Å². The highest BCUT2D eigenvalue weighted by Crippen LogP contribution is 2.09. The van der Waals surface area contributed by atoms with Crippen molar-refractivity contribution in [3.05, 3.63) is 78.4 Å². The van der Waals surface area contributed by atoms with Crippen molar-refractivity contribution in [2.24, 2.45) is 0 Å². The van der Waals surface area contributed by atoms with E-state index in [-0.39, 0.29) is 11.7 Å². The number of carbonyl (C=O) groups is 2. The second kappa shape index (κ2) is 17.9. The third kappa shape index (κ3) is 14.7. The van der Waals surface area contributed by atoms with Crippen LogP contribution in [0.1, 0.15) is 81.5 Å². The summed E-state index contributed by atoms with van der Waals surface area (Å²) >= 11 is 0. The number of unbranched alkanes of at least 4 members (excludes halogenated alkanes) is 4. The van der Waals surface area contributed by atoms with Gasteiger partial charge in [0.15, 0.2) is 0 Å². The molecule has 31 heavy (non-hydrogen) atoms. The number of phenolic OH excluding ortho intramolecular Hbond substituents is 1. The molecule has 1 aromatic rings. The average Bonchev–Trinajstić information content (AvgIpc) is 2.76. The minimum absolute atomic E-state index is 0.0851. The van der Waals surface area contributed by atoms with Gasteiger partial charge in [0.1, 0.15) is 5.75 Å². The van der Waals surface area contributed by atoms with E-state index in [4.69, 9.17) is 0 Å². The number of hydrogen-bond donors (Lipinski definition) is 2. The molecule has 0 aromatic heterocycles. The molecule has 0 aliphatic heterocycles. The van der Waals surface area contributed by atoms with E-state index in [1.54, 1.807) is 0 Å². The molecule has 0 saturated heterocycles. The first-order valence-corrected chi connectivity index (χ1v) is 11.4. The van der Waals surface area contributed by atoms with Gasteiger partial charge in [-0.05, 0) is 69.2 Å². The van der Waals surface area contributed by atoms with Crippen LogP contribution in [0.15, 0.2) is 72.9 Å². The average molecular weight is 424 g/mol. The Labute approximate surface area is 187 Å². The molecule has 4 nitrogen and oxygen atoms in total. The smallest absolute Gasteiger partial charge is 0.257 e. The van der Waals surface area contributed by atoms with Crippen molar-refractivity contribution in [1.29, 1.82) is 0 Å². The zero-order valence-corrected chi connectivity index (χ0v) is 18.8. The Morgan fingerprint density at radius 3 is 1.84 bits per heavy atom. The Kier molecular flexibility index (Phi) is 15.1. The Balaban J connectivity index is 2.03. The van der Waals surface area contributed by atoms with E-state index < -0.39 is 5.91 Å². The van der Waals surface area contributed by atoms with E-state index >= 15 is 0 Å². The number of imide groups is 1. The molecule has 0 aliphatic carbocycles.